The summed E-state index contributed by atoms with van der Waals surface area (Å²) in [7, 11) is 1.74. The van der Waals surface area contributed by atoms with E-state index >= 15 is 0 Å². The largest absolute Gasteiger partial charge is 0.496 e. The van der Waals surface area contributed by atoms with Crippen LogP contribution in [0, 0.1) is 0 Å². The zero-order valence-electron chi connectivity index (χ0n) is 17.6. The van der Waals surface area contributed by atoms with E-state index < -0.39 is 0 Å². The van der Waals surface area contributed by atoms with Crippen molar-refractivity contribution < 1.29 is 9.84 Å². The van der Waals surface area contributed by atoms with Crippen LogP contribution in [0.4, 0.5) is 5.82 Å². The molecule has 0 spiro atoms. The van der Waals surface area contributed by atoms with E-state index in [1.807, 2.05) is 0 Å². The minimum absolute atomic E-state index is 0.151. The molecule has 1 aromatic carbocycles. The standard InChI is InChI=1S/C23H33N3O2/c1-5-19-22(25-20(6-2)23(26-19)24-15(3)11-12-27)18-13-16-9-7-8-10-17(16)14-21(18)28-4/h13-15,27H,5-12H2,1-4H3,(H,24,26). The molecule has 1 unspecified atom stereocenters. The van der Waals surface area contributed by atoms with Gasteiger partial charge in [-0.1, -0.05) is 13.8 Å². The van der Waals surface area contributed by atoms with Crippen LogP contribution in [-0.2, 0) is 25.7 Å². The number of aliphatic hydroxyl groups excluding tert-OH is 1. The lowest BCUT2D eigenvalue weighted by molar-refractivity contribution is 0.282. The summed E-state index contributed by atoms with van der Waals surface area (Å²) in [5, 5.41) is 12.6. The molecule has 0 saturated carbocycles. The fraction of sp³-hybridized carbons (Fsp3) is 0.565. The molecule has 28 heavy (non-hydrogen) atoms. The Bertz CT molecular complexity index is 820. The molecule has 1 aliphatic rings. The number of methoxy groups -OCH3 is 1. The first-order valence-electron chi connectivity index (χ1n) is 10.6. The van der Waals surface area contributed by atoms with Gasteiger partial charge in [-0.25, -0.2) is 9.97 Å². The molecule has 5 nitrogen and oxygen atoms in total. The van der Waals surface area contributed by atoms with Gasteiger partial charge < -0.3 is 15.2 Å². The Balaban J connectivity index is 2.08. The molecule has 0 saturated heterocycles. The van der Waals surface area contributed by atoms with E-state index in [0.717, 1.165) is 59.9 Å². The molecule has 2 aromatic rings. The van der Waals surface area contributed by atoms with Crippen molar-refractivity contribution >= 4 is 5.82 Å². The highest BCUT2D eigenvalue weighted by molar-refractivity contribution is 5.72. The lowest BCUT2D eigenvalue weighted by Crippen LogP contribution is -2.20. The Kier molecular flexibility index (Phi) is 6.89. The minimum atomic E-state index is 0.151. The van der Waals surface area contributed by atoms with E-state index in [9.17, 15) is 5.11 Å². The highest BCUT2D eigenvalue weighted by Crippen LogP contribution is 2.37. The van der Waals surface area contributed by atoms with Gasteiger partial charge in [0.15, 0.2) is 0 Å². The molecule has 0 fully saturated rings. The Morgan fingerprint density at radius 1 is 1.07 bits per heavy atom. The Morgan fingerprint density at radius 2 is 1.75 bits per heavy atom. The molecule has 1 aromatic heterocycles. The average molecular weight is 384 g/mol. The number of nitrogens with zero attached hydrogens (tertiary/aromatic N) is 2. The summed E-state index contributed by atoms with van der Waals surface area (Å²) in [6.45, 7) is 6.44. The molecule has 2 N–H and O–H groups in total. The van der Waals surface area contributed by atoms with Gasteiger partial charge >= 0.3 is 0 Å². The first kappa shape index (κ1) is 20.6. The van der Waals surface area contributed by atoms with Gasteiger partial charge in [0.2, 0.25) is 0 Å². The molecule has 3 rings (SSSR count). The summed E-state index contributed by atoms with van der Waals surface area (Å²) in [6, 6.07) is 4.63. The molecule has 152 valence electrons. The SMILES string of the molecule is CCc1nc(-c2cc3c(cc2OC)CCCC3)c(CC)nc1NC(C)CCO. The Morgan fingerprint density at radius 3 is 2.36 bits per heavy atom. The first-order valence-corrected chi connectivity index (χ1v) is 10.6. The third kappa shape index (κ3) is 4.30. The van der Waals surface area contributed by atoms with Crippen molar-refractivity contribution in [3.8, 4) is 17.0 Å². The topological polar surface area (TPSA) is 67.3 Å². The number of aliphatic hydroxyl groups is 1. The zero-order valence-corrected chi connectivity index (χ0v) is 17.6. The molecular weight excluding hydrogens is 350 g/mol. The summed E-state index contributed by atoms with van der Waals surface area (Å²) in [5.74, 6) is 1.72. The number of rotatable bonds is 8. The highest BCUT2D eigenvalue weighted by atomic mass is 16.5. The molecule has 1 atom stereocenters. The number of ether oxygens (including phenoxy) is 1. The summed E-state index contributed by atoms with van der Waals surface area (Å²) in [5.41, 5.74) is 6.75. The predicted octanol–water partition coefficient (Wildman–Crippen LogP) is 4.34. The monoisotopic (exact) mass is 383 g/mol. The highest BCUT2D eigenvalue weighted by Gasteiger charge is 2.20. The van der Waals surface area contributed by atoms with Crippen molar-refractivity contribution in [2.45, 2.75) is 71.8 Å². The summed E-state index contributed by atoms with van der Waals surface area (Å²) < 4.78 is 5.75. The van der Waals surface area contributed by atoms with E-state index in [1.165, 1.54) is 24.0 Å². The third-order valence-corrected chi connectivity index (χ3v) is 5.57. The van der Waals surface area contributed by atoms with Gasteiger partial charge in [-0.3, -0.25) is 0 Å². The smallest absolute Gasteiger partial charge is 0.148 e. The van der Waals surface area contributed by atoms with Gasteiger partial charge in [-0.15, -0.1) is 0 Å². The number of aromatic nitrogens is 2. The van der Waals surface area contributed by atoms with Gasteiger partial charge in [-0.2, -0.15) is 0 Å². The number of fused-ring (bicyclic) bond motifs is 1. The minimum Gasteiger partial charge on any atom is -0.496 e. The van der Waals surface area contributed by atoms with Gasteiger partial charge in [0.25, 0.3) is 0 Å². The molecule has 0 bridgehead atoms. The van der Waals surface area contributed by atoms with Gasteiger partial charge in [0.05, 0.1) is 24.2 Å². The van der Waals surface area contributed by atoms with Crippen LogP contribution in [-0.4, -0.2) is 34.8 Å². The number of aryl methyl sites for hydroxylation is 4. The van der Waals surface area contributed by atoms with Gasteiger partial charge in [-0.05, 0) is 75.1 Å². The lowest BCUT2D eigenvalue weighted by Gasteiger charge is -2.21. The van der Waals surface area contributed by atoms with E-state index in [0.29, 0.717) is 6.42 Å². The lowest BCUT2D eigenvalue weighted by atomic mass is 9.89. The Hall–Kier alpha value is -2.14. The average Bonchev–Trinajstić information content (AvgIpc) is 2.72. The van der Waals surface area contributed by atoms with Crippen molar-refractivity contribution in [1.82, 2.24) is 9.97 Å². The number of nitrogens with one attached hydrogen (secondary N) is 1. The van der Waals surface area contributed by atoms with Crippen molar-refractivity contribution in [2.24, 2.45) is 0 Å². The van der Waals surface area contributed by atoms with Crippen LogP contribution in [0.3, 0.4) is 0 Å². The van der Waals surface area contributed by atoms with Crippen LogP contribution in [0.25, 0.3) is 11.3 Å². The predicted molar refractivity (Wildman–Crippen MR) is 114 cm³/mol. The maximum Gasteiger partial charge on any atom is 0.148 e. The number of anilines is 1. The van der Waals surface area contributed by atoms with E-state index in [-0.39, 0.29) is 12.6 Å². The van der Waals surface area contributed by atoms with Crippen molar-refractivity contribution in [1.29, 1.82) is 0 Å². The van der Waals surface area contributed by atoms with E-state index in [4.69, 9.17) is 14.7 Å². The maximum atomic E-state index is 9.20. The van der Waals surface area contributed by atoms with Crippen molar-refractivity contribution in [3.05, 3.63) is 34.6 Å². The molecule has 0 radical (unpaired) electrons. The second kappa shape index (κ2) is 9.37. The van der Waals surface area contributed by atoms with Crippen LogP contribution >= 0.6 is 0 Å². The second-order valence-electron chi connectivity index (χ2n) is 7.61. The fourth-order valence-electron chi connectivity index (χ4n) is 3.95. The summed E-state index contributed by atoms with van der Waals surface area (Å²) in [6.07, 6.45) is 7.04. The van der Waals surface area contributed by atoms with Gasteiger partial charge in [0, 0.05) is 18.2 Å². The second-order valence-corrected chi connectivity index (χ2v) is 7.61. The van der Waals surface area contributed by atoms with Crippen LogP contribution < -0.4 is 10.1 Å². The van der Waals surface area contributed by atoms with Crippen LogP contribution in [0.1, 0.15) is 62.5 Å². The number of hydrogen-bond acceptors (Lipinski definition) is 5. The molecule has 0 aliphatic heterocycles. The van der Waals surface area contributed by atoms with Crippen LogP contribution in [0.15, 0.2) is 12.1 Å². The fourth-order valence-corrected chi connectivity index (χ4v) is 3.95. The molecule has 1 heterocycles. The van der Waals surface area contributed by atoms with E-state index in [2.05, 4.69) is 38.2 Å². The quantitative estimate of drug-likeness (QED) is 0.710. The van der Waals surface area contributed by atoms with Gasteiger partial charge in [0.1, 0.15) is 11.6 Å². The Labute approximate surface area is 168 Å². The van der Waals surface area contributed by atoms with Crippen molar-refractivity contribution in [2.75, 3.05) is 19.0 Å². The van der Waals surface area contributed by atoms with E-state index in [1.54, 1.807) is 7.11 Å². The van der Waals surface area contributed by atoms with Crippen molar-refractivity contribution in [3.63, 3.8) is 0 Å². The molecular formula is C23H33N3O2. The molecule has 1 aliphatic carbocycles. The van der Waals surface area contributed by atoms with Crippen LogP contribution in [0.2, 0.25) is 0 Å². The summed E-state index contributed by atoms with van der Waals surface area (Å²) >= 11 is 0. The maximum absolute atomic E-state index is 9.20. The molecule has 0 amide bonds. The summed E-state index contributed by atoms with van der Waals surface area (Å²) in [4.78, 5) is 9.97. The third-order valence-electron chi connectivity index (χ3n) is 5.57. The number of benzene rings is 1. The molecule has 5 heteroatoms. The number of hydrogen-bond donors (Lipinski definition) is 2. The normalized spacial score (nSPS) is 14.5. The van der Waals surface area contributed by atoms with Crippen LogP contribution in [0.5, 0.6) is 5.75 Å². The first-order chi connectivity index (χ1) is 13.6. The zero-order chi connectivity index (χ0) is 20.1.